The number of likely N-dealkylation sites (tertiary alicyclic amines) is 1. The number of aromatic hydroxyl groups is 1. The van der Waals surface area contributed by atoms with E-state index in [1.54, 1.807) is 23.6 Å². The number of halogens is 3. The van der Waals surface area contributed by atoms with Crippen LogP contribution in [0.15, 0.2) is 36.7 Å². The number of rotatable bonds is 4. The third-order valence-electron chi connectivity index (χ3n) is 4.50. The first-order valence-electron chi connectivity index (χ1n) is 8.79. The van der Waals surface area contributed by atoms with Crippen LogP contribution in [-0.4, -0.2) is 55.3 Å². The summed E-state index contributed by atoms with van der Waals surface area (Å²) in [5, 5.41) is 25.9. The zero-order valence-corrected chi connectivity index (χ0v) is 16.0. The number of thiophene rings is 1. The van der Waals surface area contributed by atoms with Gasteiger partial charge in [-0.05, 0) is 37.1 Å². The van der Waals surface area contributed by atoms with Crippen LogP contribution in [-0.2, 0) is 17.9 Å². The fraction of sp³-hybridized carbons (Fsp3) is 0.389. The van der Waals surface area contributed by atoms with Gasteiger partial charge in [-0.3, -0.25) is 9.58 Å². The third-order valence-corrected chi connectivity index (χ3v) is 5.58. The van der Waals surface area contributed by atoms with Crippen LogP contribution in [0.2, 0.25) is 0 Å². The molecule has 1 aliphatic rings. The lowest BCUT2D eigenvalue weighted by molar-refractivity contribution is -0.192. The molecule has 0 saturated carbocycles. The molecule has 1 saturated heterocycles. The highest BCUT2D eigenvalue weighted by molar-refractivity contribution is 7.19. The van der Waals surface area contributed by atoms with Crippen LogP contribution in [0.4, 0.5) is 13.2 Å². The zero-order chi connectivity index (χ0) is 21.0. The summed E-state index contributed by atoms with van der Waals surface area (Å²) < 4.78 is 34.8. The molecule has 0 aliphatic carbocycles. The van der Waals surface area contributed by atoms with Crippen molar-refractivity contribution in [1.29, 1.82) is 0 Å². The number of aromatic nitrogens is 3. The summed E-state index contributed by atoms with van der Waals surface area (Å²) in [6.45, 7) is 4.13. The summed E-state index contributed by atoms with van der Waals surface area (Å²) in [6, 6.07) is 7.85. The summed E-state index contributed by atoms with van der Waals surface area (Å²) in [5.41, 5.74) is 0. The molecular weight excluding hydrogens is 409 g/mol. The summed E-state index contributed by atoms with van der Waals surface area (Å²) in [5.74, 6) is -1.73. The molecule has 156 valence electrons. The van der Waals surface area contributed by atoms with Crippen molar-refractivity contribution in [3.63, 3.8) is 0 Å². The van der Waals surface area contributed by atoms with Crippen LogP contribution in [0.1, 0.15) is 11.3 Å². The maximum absolute atomic E-state index is 10.6. The number of fused-ring (bicyclic) bond motifs is 1. The molecular formula is C18H19F3N4O3S. The first-order valence-corrected chi connectivity index (χ1v) is 9.61. The summed E-state index contributed by atoms with van der Waals surface area (Å²) in [7, 11) is 0. The molecule has 7 nitrogen and oxygen atoms in total. The molecule has 4 rings (SSSR count). The van der Waals surface area contributed by atoms with E-state index >= 15 is 0 Å². The van der Waals surface area contributed by atoms with Gasteiger partial charge in [0.25, 0.3) is 0 Å². The number of aliphatic carboxylic acids is 1. The van der Waals surface area contributed by atoms with E-state index in [9.17, 15) is 18.3 Å². The van der Waals surface area contributed by atoms with E-state index in [1.165, 1.54) is 11.3 Å². The number of phenols is 1. The van der Waals surface area contributed by atoms with Crippen molar-refractivity contribution in [2.24, 2.45) is 5.92 Å². The van der Waals surface area contributed by atoms with E-state index in [0.29, 0.717) is 11.7 Å². The fourth-order valence-electron chi connectivity index (χ4n) is 3.20. The van der Waals surface area contributed by atoms with Gasteiger partial charge >= 0.3 is 12.1 Å². The van der Waals surface area contributed by atoms with Crippen LogP contribution < -0.4 is 0 Å². The Morgan fingerprint density at radius 3 is 2.72 bits per heavy atom. The van der Waals surface area contributed by atoms with Crippen LogP contribution in [0.5, 0.6) is 5.75 Å². The second-order valence-electron chi connectivity index (χ2n) is 6.72. The van der Waals surface area contributed by atoms with Gasteiger partial charge in [-0.2, -0.15) is 13.2 Å². The molecule has 0 spiro atoms. The normalized spacial score (nSPS) is 17.3. The molecule has 0 bridgehead atoms. The Balaban J connectivity index is 0.000000298. The van der Waals surface area contributed by atoms with Crippen molar-refractivity contribution in [2.45, 2.75) is 25.7 Å². The minimum absolute atomic E-state index is 0.380. The number of hydrogen-bond acceptors (Lipinski definition) is 6. The molecule has 0 amide bonds. The second-order valence-corrected chi connectivity index (χ2v) is 7.89. The largest absolute Gasteiger partial charge is 0.507 e. The van der Waals surface area contributed by atoms with Crippen molar-refractivity contribution >= 4 is 27.4 Å². The number of phenolic OH excluding ortho intramolecular Hbond substituents is 1. The molecule has 1 aromatic carbocycles. The lowest BCUT2D eigenvalue weighted by Gasteiger charge is -2.14. The van der Waals surface area contributed by atoms with Gasteiger partial charge in [-0.25, -0.2) is 4.79 Å². The lowest BCUT2D eigenvalue weighted by atomic mass is 10.1. The number of carbonyl (C=O) groups is 1. The lowest BCUT2D eigenvalue weighted by Crippen LogP contribution is -2.21. The molecule has 3 heterocycles. The average Bonchev–Trinajstić information content (AvgIpc) is 3.37. The SMILES string of the molecule is O=C(O)C(F)(F)F.Oc1cccc2sc(CN3CCC(Cn4ccnn4)C3)cc12. The standard InChI is InChI=1S/C16H18N4OS.C2HF3O2/c21-15-2-1-3-16-14(15)8-13(22-16)11-19-6-4-12(9-19)10-20-7-5-17-18-20;3-2(4,5)1(6)7/h1-3,5,7-8,12,21H,4,6,9-11H2;(H,6,7). The van der Waals surface area contributed by atoms with E-state index in [0.717, 1.165) is 36.3 Å². The Kier molecular flexibility index (Phi) is 6.38. The van der Waals surface area contributed by atoms with Gasteiger partial charge in [0.15, 0.2) is 0 Å². The van der Waals surface area contributed by atoms with Crippen LogP contribution in [0.3, 0.4) is 0 Å². The van der Waals surface area contributed by atoms with E-state index in [-0.39, 0.29) is 0 Å². The molecule has 11 heteroatoms. The van der Waals surface area contributed by atoms with Gasteiger partial charge in [0.05, 0.1) is 6.20 Å². The van der Waals surface area contributed by atoms with Gasteiger partial charge in [0.1, 0.15) is 5.75 Å². The number of carboxylic acid groups (broad SMARTS) is 1. The number of carboxylic acids is 1. The number of benzene rings is 1. The van der Waals surface area contributed by atoms with Crippen LogP contribution in [0, 0.1) is 5.92 Å². The number of alkyl halides is 3. The van der Waals surface area contributed by atoms with Crippen molar-refractivity contribution < 1.29 is 28.2 Å². The quantitative estimate of drug-likeness (QED) is 0.662. The molecule has 1 atom stereocenters. The van der Waals surface area contributed by atoms with E-state index in [1.807, 2.05) is 16.9 Å². The maximum atomic E-state index is 10.6. The molecule has 1 aliphatic heterocycles. The molecule has 29 heavy (non-hydrogen) atoms. The monoisotopic (exact) mass is 428 g/mol. The first-order chi connectivity index (χ1) is 13.7. The van der Waals surface area contributed by atoms with E-state index in [4.69, 9.17) is 9.90 Å². The van der Waals surface area contributed by atoms with Gasteiger partial charge in [-0.1, -0.05) is 11.3 Å². The minimum Gasteiger partial charge on any atom is -0.507 e. The minimum atomic E-state index is -5.08. The van der Waals surface area contributed by atoms with E-state index in [2.05, 4.69) is 27.3 Å². The van der Waals surface area contributed by atoms with Crippen LogP contribution >= 0.6 is 11.3 Å². The highest BCUT2D eigenvalue weighted by atomic mass is 32.1. The Morgan fingerprint density at radius 2 is 2.10 bits per heavy atom. The predicted molar refractivity (Wildman–Crippen MR) is 101 cm³/mol. The maximum Gasteiger partial charge on any atom is 0.490 e. The predicted octanol–water partition coefficient (Wildman–Crippen LogP) is 3.35. The molecule has 3 aromatic rings. The summed E-state index contributed by atoms with van der Waals surface area (Å²) in [4.78, 5) is 12.7. The first kappa shape index (κ1) is 21.1. The highest BCUT2D eigenvalue weighted by Crippen LogP contribution is 2.33. The topological polar surface area (TPSA) is 91.5 Å². The van der Waals surface area contributed by atoms with Crippen molar-refractivity contribution in [3.05, 3.63) is 41.5 Å². The van der Waals surface area contributed by atoms with Gasteiger partial charge in [-0.15, -0.1) is 16.4 Å². The van der Waals surface area contributed by atoms with Crippen molar-refractivity contribution in [2.75, 3.05) is 13.1 Å². The molecule has 1 fully saturated rings. The average molecular weight is 428 g/mol. The number of hydrogen-bond donors (Lipinski definition) is 2. The highest BCUT2D eigenvalue weighted by Gasteiger charge is 2.38. The van der Waals surface area contributed by atoms with Gasteiger partial charge in [0.2, 0.25) is 0 Å². The fourth-order valence-corrected chi connectivity index (χ4v) is 4.32. The van der Waals surface area contributed by atoms with Gasteiger partial charge in [0, 0.05) is 40.8 Å². The number of nitrogens with zero attached hydrogens (tertiary/aromatic N) is 4. The summed E-state index contributed by atoms with van der Waals surface area (Å²) >= 11 is 1.78. The smallest absolute Gasteiger partial charge is 0.490 e. The molecule has 0 radical (unpaired) electrons. The Hall–Kier alpha value is -2.66. The third kappa shape index (κ3) is 5.67. The zero-order valence-electron chi connectivity index (χ0n) is 15.2. The second kappa shape index (κ2) is 8.78. The van der Waals surface area contributed by atoms with Crippen LogP contribution in [0.25, 0.3) is 10.1 Å². The Bertz CT molecular complexity index is 959. The van der Waals surface area contributed by atoms with Gasteiger partial charge < -0.3 is 10.2 Å². The Morgan fingerprint density at radius 1 is 1.34 bits per heavy atom. The summed E-state index contributed by atoms with van der Waals surface area (Å²) in [6.07, 6.45) is -0.218. The van der Waals surface area contributed by atoms with E-state index < -0.39 is 12.1 Å². The molecule has 2 N–H and O–H groups in total. The molecule has 2 aromatic heterocycles. The Labute approximate surface area is 168 Å². The molecule has 1 unspecified atom stereocenters. The van der Waals surface area contributed by atoms with Crippen molar-refractivity contribution in [3.8, 4) is 5.75 Å². The van der Waals surface area contributed by atoms with Crippen molar-refractivity contribution in [1.82, 2.24) is 19.9 Å².